The number of hydrogen-bond donors (Lipinski definition) is 3. The maximum atomic E-state index is 12.5. The summed E-state index contributed by atoms with van der Waals surface area (Å²) in [7, 11) is 0. The molecule has 0 fully saturated rings. The first-order valence-electron chi connectivity index (χ1n) is 7.64. The van der Waals surface area contributed by atoms with Crippen molar-refractivity contribution in [1.29, 1.82) is 0 Å². The van der Waals surface area contributed by atoms with Gasteiger partial charge in [0.05, 0.1) is 6.20 Å². The predicted molar refractivity (Wildman–Crippen MR) is 87.1 cm³/mol. The van der Waals surface area contributed by atoms with Gasteiger partial charge in [-0.25, -0.2) is 9.78 Å². The summed E-state index contributed by atoms with van der Waals surface area (Å²) in [4.78, 5) is 43.7. The standard InChI is InChI=1S/C16H24N4O4/c1-9(2)11(19-13(21)10-8-17-6-7-18-10)14(22)20-12(15(23)24)16(3,4)5/h6-9,11-12H,1-5H3,(H,19,21)(H,20,22)(H,23,24)/t11-,12+/m0/s1. The van der Waals surface area contributed by atoms with Crippen LogP contribution in [0, 0.1) is 11.3 Å². The molecular formula is C16H24N4O4. The summed E-state index contributed by atoms with van der Waals surface area (Å²) in [6.07, 6.45) is 4.10. The molecule has 2 amide bonds. The highest BCUT2D eigenvalue weighted by molar-refractivity contribution is 5.96. The number of rotatable bonds is 6. The first-order valence-corrected chi connectivity index (χ1v) is 7.64. The first kappa shape index (κ1) is 19.5. The number of hydrogen-bond acceptors (Lipinski definition) is 5. The van der Waals surface area contributed by atoms with E-state index >= 15 is 0 Å². The maximum absolute atomic E-state index is 12.5. The number of aliphatic carboxylic acids is 1. The Morgan fingerprint density at radius 2 is 1.75 bits per heavy atom. The topological polar surface area (TPSA) is 121 Å². The van der Waals surface area contributed by atoms with Gasteiger partial charge in [-0.15, -0.1) is 0 Å². The Labute approximate surface area is 141 Å². The molecule has 1 rings (SSSR count). The molecule has 0 saturated carbocycles. The van der Waals surface area contributed by atoms with Gasteiger partial charge in [-0.1, -0.05) is 34.6 Å². The van der Waals surface area contributed by atoms with Crippen LogP contribution in [-0.2, 0) is 9.59 Å². The summed E-state index contributed by atoms with van der Waals surface area (Å²) in [5, 5.41) is 14.4. The molecule has 0 spiro atoms. The largest absolute Gasteiger partial charge is 0.480 e. The number of carbonyl (C=O) groups excluding carboxylic acids is 2. The lowest BCUT2D eigenvalue weighted by Crippen LogP contribution is -2.56. The molecule has 0 unspecified atom stereocenters. The van der Waals surface area contributed by atoms with Crippen LogP contribution in [0.4, 0.5) is 0 Å². The molecular weight excluding hydrogens is 312 g/mol. The van der Waals surface area contributed by atoms with Crippen LogP contribution >= 0.6 is 0 Å². The van der Waals surface area contributed by atoms with E-state index in [1.54, 1.807) is 34.6 Å². The van der Waals surface area contributed by atoms with Crippen LogP contribution in [0.25, 0.3) is 0 Å². The van der Waals surface area contributed by atoms with Gasteiger partial charge in [0.2, 0.25) is 5.91 Å². The molecule has 2 atom stereocenters. The van der Waals surface area contributed by atoms with Crippen LogP contribution in [0.1, 0.15) is 45.1 Å². The monoisotopic (exact) mass is 336 g/mol. The molecule has 0 aromatic carbocycles. The van der Waals surface area contributed by atoms with E-state index in [2.05, 4.69) is 20.6 Å². The van der Waals surface area contributed by atoms with Crippen molar-refractivity contribution in [3.05, 3.63) is 24.3 Å². The molecule has 0 radical (unpaired) electrons. The summed E-state index contributed by atoms with van der Waals surface area (Å²) in [6.45, 7) is 8.67. The molecule has 0 aliphatic rings. The highest BCUT2D eigenvalue weighted by Crippen LogP contribution is 2.20. The number of nitrogens with zero attached hydrogens (tertiary/aromatic N) is 2. The van der Waals surface area contributed by atoms with Gasteiger partial charge in [-0.2, -0.15) is 0 Å². The number of carbonyl (C=O) groups is 3. The van der Waals surface area contributed by atoms with Gasteiger partial charge in [0, 0.05) is 12.4 Å². The van der Waals surface area contributed by atoms with Crippen LogP contribution in [0.15, 0.2) is 18.6 Å². The lowest BCUT2D eigenvalue weighted by Gasteiger charge is -2.30. The normalized spacial score (nSPS) is 13.9. The highest BCUT2D eigenvalue weighted by Gasteiger charge is 2.35. The summed E-state index contributed by atoms with van der Waals surface area (Å²) < 4.78 is 0. The molecule has 24 heavy (non-hydrogen) atoms. The van der Waals surface area contributed by atoms with Crippen LogP contribution in [0.5, 0.6) is 0 Å². The second-order valence-corrected chi connectivity index (χ2v) is 6.93. The Morgan fingerprint density at radius 1 is 1.12 bits per heavy atom. The van der Waals surface area contributed by atoms with Gasteiger partial charge < -0.3 is 15.7 Å². The van der Waals surface area contributed by atoms with Crippen LogP contribution in [0.2, 0.25) is 0 Å². The van der Waals surface area contributed by atoms with E-state index in [4.69, 9.17) is 0 Å². The Hall–Kier alpha value is -2.51. The van der Waals surface area contributed by atoms with E-state index in [-0.39, 0.29) is 11.6 Å². The van der Waals surface area contributed by atoms with Crippen molar-refractivity contribution in [2.45, 2.75) is 46.7 Å². The van der Waals surface area contributed by atoms with Crippen LogP contribution in [0.3, 0.4) is 0 Å². The Balaban J connectivity index is 2.90. The van der Waals surface area contributed by atoms with Crippen LogP contribution in [-0.4, -0.2) is 44.9 Å². The third kappa shape index (κ3) is 5.29. The minimum atomic E-state index is -1.13. The molecule has 0 aliphatic carbocycles. The highest BCUT2D eigenvalue weighted by atomic mass is 16.4. The van der Waals surface area contributed by atoms with Gasteiger partial charge in [0.1, 0.15) is 17.8 Å². The lowest BCUT2D eigenvalue weighted by atomic mass is 9.86. The van der Waals surface area contributed by atoms with Crippen LogP contribution < -0.4 is 10.6 Å². The molecule has 0 aliphatic heterocycles. The van der Waals surface area contributed by atoms with Gasteiger partial charge in [-0.05, 0) is 11.3 Å². The molecule has 3 N–H and O–H groups in total. The minimum absolute atomic E-state index is 0.0848. The average molecular weight is 336 g/mol. The molecule has 8 nitrogen and oxygen atoms in total. The smallest absolute Gasteiger partial charge is 0.326 e. The van der Waals surface area contributed by atoms with E-state index in [0.717, 1.165) is 0 Å². The third-order valence-corrected chi connectivity index (χ3v) is 3.43. The lowest BCUT2D eigenvalue weighted by molar-refractivity contribution is -0.145. The van der Waals surface area contributed by atoms with Crippen molar-refractivity contribution in [2.24, 2.45) is 11.3 Å². The van der Waals surface area contributed by atoms with Gasteiger partial charge >= 0.3 is 5.97 Å². The van der Waals surface area contributed by atoms with E-state index < -0.39 is 35.3 Å². The SMILES string of the molecule is CC(C)[C@H](NC(=O)c1cnccn1)C(=O)N[C@H](C(=O)O)C(C)(C)C. The Bertz CT molecular complexity index is 596. The molecule has 0 bridgehead atoms. The summed E-state index contributed by atoms with van der Waals surface area (Å²) in [5.74, 6) is -2.46. The summed E-state index contributed by atoms with van der Waals surface area (Å²) in [5.41, 5.74) is -0.584. The van der Waals surface area contributed by atoms with E-state index in [0.29, 0.717) is 0 Å². The van der Waals surface area contributed by atoms with Crippen molar-refractivity contribution in [1.82, 2.24) is 20.6 Å². The van der Waals surface area contributed by atoms with Crippen molar-refractivity contribution < 1.29 is 19.5 Å². The fourth-order valence-electron chi connectivity index (χ4n) is 2.05. The number of carboxylic acids is 1. The predicted octanol–water partition coefficient (Wildman–Crippen LogP) is 0.846. The summed E-state index contributed by atoms with van der Waals surface area (Å²) >= 11 is 0. The fourth-order valence-corrected chi connectivity index (χ4v) is 2.05. The van der Waals surface area contributed by atoms with Crippen molar-refractivity contribution >= 4 is 17.8 Å². The molecule has 1 aromatic rings. The van der Waals surface area contributed by atoms with E-state index in [1.165, 1.54) is 18.6 Å². The number of nitrogens with one attached hydrogen (secondary N) is 2. The zero-order chi connectivity index (χ0) is 18.5. The second kappa shape index (κ2) is 7.85. The number of aromatic nitrogens is 2. The molecule has 132 valence electrons. The zero-order valence-corrected chi connectivity index (χ0v) is 14.5. The molecule has 8 heteroatoms. The Kier molecular flexibility index (Phi) is 6.39. The van der Waals surface area contributed by atoms with E-state index in [9.17, 15) is 19.5 Å². The Morgan fingerprint density at radius 3 is 2.17 bits per heavy atom. The third-order valence-electron chi connectivity index (χ3n) is 3.43. The maximum Gasteiger partial charge on any atom is 0.326 e. The number of amides is 2. The number of carboxylic acid groups (broad SMARTS) is 1. The fraction of sp³-hybridized carbons (Fsp3) is 0.562. The van der Waals surface area contributed by atoms with Gasteiger partial charge in [-0.3, -0.25) is 14.6 Å². The first-order chi connectivity index (χ1) is 11.0. The van der Waals surface area contributed by atoms with Gasteiger partial charge in [0.25, 0.3) is 5.91 Å². The molecule has 1 aromatic heterocycles. The van der Waals surface area contributed by atoms with Gasteiger partial charge in [0.15, 0.2) is 0 Å². The molecule has 0 saturated heterocycles. The van der Waals surface area contributed by atoms with E-state index in [1.807, 2.05) is 0 Å². The van der Waals surface area contributed by atoms with Crippen molar-refractivity contribution in [3.8, 4) is 0 Å². The van der Waals surface area contributed by atoms with Crippen molar-refractivity contribution in [3.63, 3.8) is 0 Å². The quantitative estimate of drug-likeness (QED) is 0.708. The average Bonchev–Trinajstić information content (AvgIpc) is 2.48. The zero-order valence-electron chi connectivity index (χ0n) is 14.5. The second-order valence-electron chi connectivity index (χ2n) is 6.93. The van der Waals surface area contributed by atoms with Crippen molar-refractivity contribution in [2.75, 3.05) is 0 Å². The summed E-state index contributed by atoms with van der Waals surface area (Å²) in [6, 6.07) is -1.96. The minimum Gasteiger partial charge on any atom is -0.480 e. The molecule has 1 heterocycles.